The number of nitrogens with zero attached hydrogens (tertiary/aromatic N) is 1. The van der Waals surface area contributed by atoms with Crippen LogP contribution >= 0.6 is 7.60 Å². The molecule has 2 heterocycles. The van der Waals surface area contributed by atoms with Crippen molar-refractivity contribution in [1.29, 1.82) is 5.26 Å². The van der Waals surface area contributed by atoms with Crippen LogP contribution in [0.4, 0.5) is 11.4 Å². The number of amides is 2. The zero-order valence-electron chi connectivity index (χ0n) is 18.6. The highest BCUT2D eigenvalue weighted by Crippen LogP contribution is 2.76. The average molecular weight is 478 g/mol. The van der Waals surface area contributed by atoms with Gasteiger partial charge in [-0.3, -0.25) is 14.2 Å². The number of allylic oxidation sites excluding steroid dienone is 1. The molecule has 3 atom stereocenters. The van der Waals surface area contributed by atoms with Gasteiger partial charge in [0.1, 0.15) is 16.7 Å². The summed E-state index contributed by atoms with van der Waals surface area (Å²) < 4.78 is 25.7. The second-order valence-corrected chi connectivity index (χ2v) is 10.2. The van der Waals surface area contributed by atoms with E-state index in [9.17, 15) is 19.4 Å². The fraction of sp³-hybridized carbons (Fsp3) is 0.292. The number of hydrogen-bond donors (Lipinski definition) is 3. The van der Waals surface area contributed by atoms with E-state index in [2.05, 4.69) is 16.7 Å². The van der Waals surface area contributed by atoms with Crippen LogP contribution < -0.4 is 16.4 Å². The van der Waals surface area contributed by atoms with Crippen molar-refractivity contribution >= 4 is 30.8 Å². The summed E-state index contributed by atoms with van der Waals surface area (Å²) in [5.41, 5.74) is 4.41. The Morgan fingerprint density at radius 1 is 0.971 bits per heavy atom. The van der Waals surface area contributed by atoms with E-state index in [1.165, 1.54) is 0 Å². The zero-order chi connectivity index (χ0) is 24.3. The number of carbonyl (C=O) groups excluding carboxylic acids is 2. The van der Waals surface area contributed by atoms with Crippen molar-refractivity contribution in [3.63, 3.8) is 0 Å². The van der Waals surface area contributed by atoms with Crippen LogP contribution in [-0.2, 0) is 34.0 Å². The van der Waals surface area contributed by atoms with Crippen LogP contribution in [0, 0.1) is 17.2 Å². The molecule has 0 saturated heterocycles. The van der Waals surface area contributed by atoms with Gasteiger partial charge in [0.25, 0.3) is 0 Å². The number of anilines is 2. The number of fused-ring (bicyclic) bond motifs is 5. The summed E-state index contributed by atoms with van der Waals surface area (Å²) in [6, 6.07) is 15.8. The minimum absolute atomic E-state index is 0.000404. The standard InChI is InChI=1S/C24H23N4O5P/c1-3-32-34(31,33-4-2)20-19(26)16(13-25)23(14-9-5-7-11-17(14)27-21(23)29)24(20)15-10-6-8-12-18(15)28-22(24)30/h5-12,16H,3-4,26H2,1-2H3,(H,27,29)(H,28,30)/t16-,23+,24-/m1/s1. The molecule has 0 aromatic heterocycles. The van der Waals surface area contributed by atoms with Gasteiger partial charge in [-0.15, -0.1) is 0 Å². The molecule has 0 saturated carbocycles. The smallest absolute Gasteiger partial charge is 0.360 e. The van der Waals surface area contributed by atoms with Gasteiger partial charge >= 0.3 is 7.60 Å². The molecule has 2 aromatic rings. The van der Waals surface area contributed by atoms with Crippen molar-refractivity contribution in [2.24, 2.45) is 11.7 Å². The van der Waals surface area contributed by atoms with E-state index < -0.39 is 36.2 Å². The van der Waals surface area contributed by atoms with Crippen LogP contribution in [-0.4, -0.2) is 25.0 Å². The van der Waals surface area contributed by atoms with E-state index in [0.29, 0.717) is 22.5 Å². The topological polar surface area (TPSA) is 144 Å². The monoisotopic (exact) mass is 478 g/mol. The van der Waals surface area contributed by atoms with Gasteiger partial charge in [0.15, 0.2) is 0 Å². The molecule has 10 heteroatoms. The minimum atomic E-state index is -4.24. The molecule has 4 N–H and O–H groups in total. The van der Waals surface area contributed by atoms with Crippen molar-refractivity contribution in [3.05, 3.63) is 70.7 Å². The first-order chi connectivity index (χ1) is 16.3. The molecule has 2 aliphatic heterocycles. The molecule has 34 heavy (non-hydrogen) atoms. The lowest BCUT2D eigenvalue weighted by Crippen LogP contribution is -2.58. The third-order valence-corrected chi connectivity index (χ3v) is 9.18. The summed E-state index contributed by atoms with van der Waals surface area (Å²) in [5, 5.41) is 15.9. The molecule has 5 rings (SSSR count). The Bertz CT molecular complexity index is 1360. The highest BCUT2D eigenvalue weighted by Gasteiger charge is 2.79. The van der Waals surface area contributed by atoms with Gasteiger partial charge in [0.05, 0.1) is 24.6 Å². The molecule has 2 aromatic carbocycles. The highest BCUT2D eigenvalue weighted by atomic mass is 31.2. The Balaban J connectivity index is 1.99. The Kier molecular flexibility index (Phi) is 4.96. The summed E-state index contributed by atoms with van der Waals surface area (Å²) in [6.45, 7) is 3.28. The van der Waals surface area contributed by atoms with Gasteiger partial charge < -0.3 is 25.4 Å². The van der Waals surface area contributed by atoms with Gasteiger partial charge in [-0.1, -0.05) is 36.4 Å². The number of nitriles is 1. The second-order valence-electron chi connectivity index (χ2n) is 8.26. The summed E-state index contributed by atoms with van der Waals surface area (Å²) >= 11 is 0. The van der Waals surface area contributed by atoms with Gasteiger partial charge in [0.2, 0.25) is 11.8 Å². The van der Waals surface area contributed by atoms with Crippen LogP contribution in [0.3, 0.4) is 0 Å². The molecule has 3 aliphatic rings. The number of benzene rings is 2. The van der Waals surface area contributed by atoms with E-state index in [4.69, 9.17) is 14.8 Å². The van der Waals surface area contributed by atoms with Crippen molar-refractivity contribution in [2.75, 3.05) is 23.8 Å². The maximum absolute atomic E-state index is 14.4. The zero-order valence-corrected chi connectivity index (χ0v) is 19.5. The highest BCUT2D eigenvalue weighted by molar-refractivity contribution is 7.58. The largest absolute Gasteiger partial charge is 0.400 e. The summed E-state index contributed by atoms with van der Waals surface area (Å²) in [4.78, 5) is 28.1. The minimum Gasteiger partial charge on any atom is -0.400 e. The van der Waals surface area contributed by atoms with Crippen molar-refractivity contribution in [3.8, 4) is 6.07 Å². The maximum atomic E-state index is 14.4. The first-order valence-corrected chi connectivity index (χ1v) is 12.5. The normalized spacial score (nSPS) is 27.0. The maximum Gasteiger partial charge on any atom is 0.360 e. The predicted octanol–water partition coefficient (Wildman–Crippen LogP) is 3.36. The van der Waals surface area contributed by atoms with Crippen molar-refractivity contribution < 1.29 is 23.2 Å². The lowest BCUT2D eigenvalue weighted by Gasteiger charge is -2.41. The number of hydrogen-bond acceptors (Lipinski definition) is 7. The van der Waals surface area contributed by atoms with E-state index >= 15 is 0 Å². The Morgan fingerprint density at radius 3 is 2.09 bits per heavy atom. The van der Waals surface area contributed by atoms with E-state index in [0.717, 1.165) is 0 Å². The number of nitrogens with one attached hydrogen (secondary N) is 2. The molecule has 2 amide bonds. The fourth-order valence-electron chi connectivity index (χ4n) is 5.85. The summed E-state index contributed by atoms with van der Waals surface area (Å²) in [5.74, 6) is -2.50. The number of nitrogens with two attached hydrogens (primary N) is 1. The third-order valence-electron chi connectivity index (χ3n) is 6.84. The number of carbonyl (C=O) groups is 2. The number of rotatable bonds is 5. The average Bonchev–Trinajstić information content (AvgIpc) is 3.36. The third kappa shape index (κ3) is 2.38. The fourth-order valence-corrected chi connectivity index (χ4v) is 8.12. The SMILES string of the molecule is CCOP(=O)(OCC)C1=C(N)[C@@H](C#N)[C@@]2(C(=O)Nc3ccccc32)[C@@]12C(=O)Nc1ccccc12. The molecule has 1 aliphatic carbocycles. The molecule has 0 fully saturated rings. The van der Waals surface area contributed by atoms with Crippen molar-refractivity contribution in [1.82, 2.24) is 0 Å². The lowest BCUT2D eigenvalue weighted by atomic mass is 9.56. The van der Waals surface area contributed by atoms with E-state index in [1.807, 2.05) is 0 Å². The van der Waals surface area contributed by atoms with E-state index in [-0.39, 0.29) is 24.2 Å². The first kappa shape index (κ1) is 22.4. The Hall–Kier alpha value is -3.44. The molecule has 0 bridgehead atoms. The second kappa shape index (κ2) is 7.54. The lowest BCUT2D eigenvalue weighted by molar-refractivity contribution is -0.130. The first-order valence-electron chi connectivity index (χ1n) is 11.0. The van der Waals surface area contributed by atoms with Crippen LogP contribution in [0.1, 0.15) is 25.0 Å². The molecular weight excluding hydrogens is 455 g/mol. The Morgan fingerprint density at radius 2 is 1.50 bits per heavy atom. The molecular formula is C24H23N4O5P. The Labute approximate surface area is 196 Å². The quantitative estimate of drug-likeness (QED) is 0.559. The van der Waals surface area contributed by atoms with Crippen LogP contribution in [0.15, 0.2) is 59.5 Å². The van der Waals surface area contributed by atoms with Crippen LogP contribution in [0.2, 0.25) is 0 Å². The van der Waals surface area contributed by atoms with Gasteiger partial charge in [-0.25, -0.2) is 0 Å². The van der Waals surface area contributed by atoms with Crippen LogP contribution in [0.5, 0.6) is 0 Å². The van der Waals surface area contributed by atoms with Gasteiger partial charge in [0, 0.05) is 17.1 Å². The molecule has 2 spiro atoms. The predicted molar refractivity (Wildman–Crippen MR) is 125 cm³/mol. The van der Waals surface area contributed by atoms with Crippen LogP contribution in [0.25, 0.3) is 0 Å². The number of para-hydroxylation sites is 2. The molecule has 0 unspecified atom stereocenters. The van der Waals surface area contributed by atoms with Gasteiger partial charge in [-0.05, 0) is 37.1 Å². The summed E-state index contributed by atoms with van der Waals surface area (Å²) in [6.07, 6.45) is 0. The van der Waals surface area contributed by atoms with E-state index in [1.54, 1.807) is 62.4 Å². The molecule has 0 radical (unpaired) electrons. The van der Waals surface area contributed by atoms with Crippen molar-refractivity contribution in [2.45, 2.75) is 24.7 Å². The molecule has 9 nitrogen and oxygen atoms in total. The summed E-state index contributed by atoms with van der Waals surface area (Å²) in [7, 11) is -4.24. The molecule has 174 valence electrons. The van der Waals surface area contributed by atoms with Gasteiger partial charge in [-0.2, -0.15) is 5.26 Å².